The molecule has 0 saturated carbocycles. The van der Waals surface area contributed by atoms with Crippen LogP contribution in [-0.4, -0.2) is 25.1 Å². The molecule has 3 nitrogen and oxygen atoms in total. The average Bonchev–Trinajstić information content (AvgIpc) is 2.29. The highest BCUT2D eigenvalue weighted by atomic mass is 35.5. The Morgan fingerprint density at radius 1 is 1.56 bits per heavy atom. The number of pyridine rings is 1. The molecule has 16 heavy (non-hydrogen) atoms. The van der Waals surface area contributed by atoms with E-state index in [1.165, 1.54) is 0 Å². The van der Waals surface area contributed by atoms with Crippen LogP contribution in [0.15, 0.2) is 24.8 Å². The largest absolute Gasteiger partial charge is 0.353 e. The molecule has 0 aromatic carbocycles. The van der Waals surface area contributed by atoms with Gasteiger partial charge in [-0.25, -0.2) is 4.98 Å². The maximum absolute atomic E-state index is 6.06. The van der Waals surface area contributed by atoms with Gasteiger partial charge < -0.3 is 10.2 Å². The number of likely N-dealkylation sites (N-methyl/N-ethyl adjacent to an activating group) is 1. The Kier molecular flexibility index (Phi) is 5.29. The van der Waals surface area contributed by atoms with Gasteiger partial charge in [0.2, 0.25) is 0 Å². The highest BCUT2D eigenvalue weighted by Crippen LogP contribution is 2.19. The second-order valence-electron chi connectivity index (χ2n) is 3.46. The lowest BCUT2D eigenvalue weighted by Crippen LogP contribution is -2.24. The van der Waals surface area contributed by atoms with Gasteiger partial charge in [-0.2, -0.15) is 0 Å². The van der Waals surface area contributed by atoms with Crippen molar-refractivity contribution in [1.29, 1.82) is 0 Å². The minimum Gasteiger partial charge on any atom is -0.353 e. The first-order valence-corrected chi connectivity index (χ1v) is 5.76. The highest BCUT2D eigenvalue weighted by molar-refractivity contribution is 6.31. The van der Waals surface area contributed by atoms with E-state index in [1.54, 1.807) is 0 Å². The molecule has 1 N–H and O–H groups in total. The molecule has 0 bridgehead atoms. The minimum absolute atomic E-state index is 0.679. The second-order valence-corrected chi connectivity index (χ2v) is 3.86. The molecule has 88 valence electrons. The number of aromatic nitrogens is 1. The summed E-state index contributed by atoms with van der Waals surface area (Å²) in [6.07, 6.45) is 1.87. The van der Waals surface area contributed by atoms with E-state index in [4.69, 9.17) is 11.6 Å². The molecule has 0 atom stereocenters. The van der Waals surface area contributed by atoms with Crippen LogP contribution in [0, 0.1) is 0 Å². The number of hydrogen-bond acceptors (Lipinski definition) is 3. The van der Waals surface area contributed by atoms with Crippen LogP contribution >= 0.6 is 11.6 Å². The van der Waals surface area contributed by atoms with E-state index >= 15 is 0 Å². The maximum atomic E-state index is 6.06. The van der Waals surface area contributed by atoms with Gasteiger partial charge in [-0.3, -0.25) is 0 Å². The van der Waals surface area contributed by atoms with Crippen molar-refractivity contribution in [2.75, 3.05) is 25.0 Å². The third kappa shape index (κ3) is 3.22. The zero-order valence-corrected chi connectivity index (χ0v) is 10.6. The third-order valence-corrected chi connectivity index (χ3v) is 2.65. The summed E-state index contributed by atoms with van der Waals surface area (Å²) in [5.74, 6) is 0.942. The molecule has 0 radical (unpaired) electrons. The standard InChI is InChI=1S/C12H18ClN3/c1-4-8-16(5-2)12-7-6-10(13)11(15-12)9-14-3/h4,6-7,14H,1,5,8-9H2,2-3H3. The fourth-order valence-corrected chi connectivity index (χ4v) is 1.65. The highest BCUT2D eigenvalue weighted by Gasteiger charge is 2.07. The molecule has 4 heteroatoms. The first-order chi connectivity index (χ1) is 7.72. The molecule has 1 heterocycles. The lowest BCUT2D eigenvalue weighted by atomic mass is 10.3. The fourth-order valence-electron chi connectivity index (χ4n) is 1.48. The van der Waals surface area contributed by atoms with Crippen LogP contribution < -0.4 is 10.2 Å². The van der Waals surface area contributed by atoms with Crippen molar-refractivity contribution in [1.82, 2.24) is 10.3 Å². The Morgan fingerprint density at radius 3 is 2.88 bits per heavy atom. The van der Waals surface area contributed by atoms with Gasteiger partial charge >= 0.3 is 0 Å². The maximum Gasteiger partial charge on any atom is 0.129 e. The average molecular weight is 240 g/mol. The third-order valence-electron chi connectivity index (χ3n) is 2.30. The normalized spacial score (nSPS) is 10.2. The van der Waals surface area contributed by atoms with E-state index < -0.39 is 0 Å². The van der Waals surface area contributed by atoms with Crippen molar-refractivity contribution in [3.05, 3.63) is 35.5 Å². The van der Waals surface area contributed by atoms with Crippen LogP contribution in [0.5, 0.6) is 0 Å². The van der Waals surface area contributed by atoms with Gasteiger partial charge in [0.05, 0.1) is 10.7 Å². The first-order valence-electron chi connectivity index (χ1n) is 5.38. The van der Waals surface area contributed by atoms with Gasteiger partial charge in [-0.15, -0.1) is 6.58 Å². The van der Waals surface area contributed by atoms with Gasteiger partial charge in [0.15, 0.2) is 0 Å². The molecule has 0 fully saturated rings. The zero-order valence-electron chi connectivity index (χ0n) is 9.83. The smallest absolute Gasteiger partial charge is 0.129 e. The summed E-state index contributed by atoms with van der Waals surface area (Å²) < 4.78 is 0. The quantitative estimate of drug-likeness (QED) is 0.773. The fraction of sp³-hybridized carbons (Fsp3) is 0.417. The predicted molar refractivity (Wildman–Crippen MR) is 70.1 cm³/mol. The van der Waals surface area contributed by atoms with Gasteiger partial charge in [0, 0.05) is 19.6 Å². The second kappa shape index (κ2) is 6.51. The van der Waals surface area contributed by atoms with Crippen molar-refractivity contribution >= 4 is 17.4 Å². The van der Waals surface area contributed by atoms with Crippen LogP contribution in [-0.2, 0) is 6.54 Å². The summed E-state index contributed by atoms with van der Waals surface area (Å²) in [6, 6.07) is 3.83. The Labute approximate surface area is 102 Å². The molecule has 0 aliphatic heterocycles. The summed E-state index contributed by atoms with van der Waals surface area (Å²) in [5.41, 5.74) is 0.879. The first kappa shape index (κ1) is 13.0. The number of hydrogen-bond donors (Lipinski definition) is 1. The van der Waals surface area contributed by atoms with E-state index in [2.05, 4.69) is 28.7 Å². The number of anilines is 1. The number of halogens is 1. The van der Waals surface area contributed by atoms with Gasteiger partial charge in [-0.1, -0.05) is 17.7 Å². The zero-order chi connectivity index (χ0) is 12.0. The van der Waals surface area contributed by atoms with Crippen molar-refractivity contribution in [2.45, 2.75) is 13.5 Å². The van der Waals surface area contributed by atoms with E-state index in [1.807, 2.05) is 25.3 Å². The van der Waals surface area contributed by atoms with Gasteiger partial charge in [-0.05, 0) is 26.1 Å². The molecule has 0 unspecified atom stereocenters. The summed E-state index contributed by atoms with van der Waals surface area (Å²) >= 11 is 6.06. The summed E-state index contributed by atoms with van der Waals surface area (Å²) in [4.78, 5) is 6.68. The Morgan fingerprint density at radius 2 is 2.31 bits per heavy atom. The number of nitrogens with zero attached hydrogens (tertiary/aromatic N) is 2. The lowest BCUT2D eigenvalue weighted by molar-refractivity contribution is 0.782. The summed E-state index contributed by atoms with van der Waals surface area (Å²) in [5, 5.41) is 3.76. The molecule has 0 aliphatic rings. The predicted octanol–water partition coefficient (Wildman–Crippen LogP) is 2.47. The lowest BCUT2D eigenvalue weighted by Gasteiger charge is -2.20. The molecular weight excluding hydrogens is 222 g/mol. The molecule has 1 rings (SSSR count). The van der Waals surface area contributed by atoms with Crippen LogP contribution in [0.4, 0.5) is 5.82 Å². The van der Waals surface area contributed by atoms with Crippen LogP contribution in [0.2, 0.25) is 5.02 Å². The molecule has 1 aromatic rings. The molecule has 0 spiro atoms. The van der Waals surface area contributed by atoms with Crippen molar-refractivity contribution in [2.24, 2.45) is 0 Å². The molecule has 0 amide bonds. The molecule has 1 aromatic heterocycles. The molecular formula is C12H18ClN3. The number of rotatable bonds is 6. The molecule has 0 aliphatic carbocycles. The topological polar surface area (TPSA) is 28.2 Å². The van der Waals surface area contributed by atoms with Crippen LogP contribution in [0.25, 0.3) is 0 Å². The van der Waals surface area contributed by atoms with E-state index in [0.717, 1.165) is 24.6 Å². The van der Waals surface area contributed by atoms with E-state index in [9.17, 15) is 0 Å². The summed E-state index contributed by atoms with van der Waals surface area (Å²) in [7, 11) is 1.88. The Balaban J connectivity index is 2.95. The van der Waals surface area contributed by atoms with E-state index in [0.29, 0.717) is 11.6 Å². The van der Waals surface area contributed by atoms with E-state index in [-0.39, 0.29) is 0 Å². The van der Waals surface area contributed by atoms with Gasteiger partial charge in [0.1, 0.15) is 5.82 Å². The van der Waals surface area contributed by atoms with Crippen LogP contribution in [0.3, 0.4) is 0 Å². The van der Waals surface area contributed by atoms with Gasteiger partial charge in [0.25, 0.3) is 0 Å². The van der Waals surface area contributed by atoms with Crippen LogP contribution in [0.1, 0.15) is 12.6 Å². The SMILES string of the molecule is C=CCN(CC)c1ccc(Cl)c(CNC)n1. The van der Waals surface area contributed by atoms with Crippen molar-refractivity contribution in [3.8, 4) is 0 Å². The van der Waals surface area contributed by atoms with Crippen molar-refractivity contribution < 1.29 is 0 Å². The summed E-state index contributed by atoms with van der Waals surface area (Å²) in [6.45, 7) is 8.21. The Bertz CT molecular complexity index is 352. The number of nitrogens with one attached hydrogen (secondary N) is 1. The Hall–Kier alpha value is -1.06. The molecule has 0 saturated heterocycles. The monoisotopic (exact) mass is 239 g/mol. The van der Waals surface area contributed by atoms with Crippen molar-refractivity contribution in [3.63, 3.8) is 0 Å². The minimum atomic E-state index is 0.679.